The largest absolute Gasteiger partial charge is 0.506 e. The average molecular weight is 379 g/mol. The van der Waals surface area contributed by atoms with Gasteiger partial charge in [0.1, 0.15) is 5.75 Å². The zero-order valence-corrected chi connectivity index (χ0v) is 13.3. The highest BCUT2D eigenvalue weighted by molar-refractivity contribution is 9.11. The van der Waals surface area contributed by atoms with Crippen LogP contribution in [0.5, 0.6) is 5.75 Å². The lowest BCUT2D eigenvalue weighted by atomic mass is 10.0. The second-order valence-electron chi connectivity index (χ2n) is 4.59. The van der Waals surface area contributed by atoms with Crippen molar-refractivity contribution in [3.05, 3.63) is 26.6 Å². The topological polar surface area (TPSA) is 41.5 Å². The van der Waals surface area contributed by atoms with Crippen molar-refractivity contribution in [1.29, 1.82) is 0 Å². The molecule has 100 valence electrons. The van der Waals surface area contributed by atoms with Crippen molar-refractivity contribution < 1.29 is 9.84 Å². The molecule has 1 saturated heterocycles. The fourth-order valence-electron chi connectivity index (χ4n) is 2.09. The molecule has 0 saturated carbocycles. The van der Waals surface area contributed by atoms with Gasteiger partial charge in [-0.05, 0) is 74.9 Å². The predicted molar refractivity (Wildman–Crippen MR) is 78.8 cm³/mol. The van der Waals surface area contributed by atoms with E-state index in [9.17, 15) is 5.11 Å². The van der Waals surface area contributed by atoms with E-state index >= 15 is 0 Å². The summed E-state index contributed by atoms with van der Waals surface area (Å²) in [6.07, 6.45) is 2.30. The fraction of sp³-hybridized carbons (Fsp3) is 0.538. The van der Waals surface area contributed by atoms with Gasteiger partial charge in [-0.1, -0.05) is 0 Å². The average Bonchev–Trinajstić information content (AvgIpc) is 2.37. The first kappa shape index (κ1) is 14.3. The van der Waals surface area contributed by atoms with Crippen molar-refractivity contribution in [2.24, 2.45) is 5.92 Å². The Labute approximate surface area is 124 Å². The summed E-state index contributed by atoms with van der Waals surface area (Å²) in [7, 11) is 0. The van der Waals surface area contributed by atoms with E-state index in [0.29, 0.717) is 0 Å². The van der Waals surface area contributed by atoms with Crippen LogP contribution in [0.2, 0.25) is 0 Å². The number of ether oxygens (including phenoxy) is 1. The Morgan fingerprint density at radius 1 is 1.22 bits per heavy atom. The van der Waals surface area contributed by atoms with Gasteiger partial charge < -0.3 is 15.2 Å². The van der Waals surface area contributed by atoms with Crippen molar-refractivity contribution in [3.63, 3.8) is 0 Å². The van der Waals surface area contributed by atoms with E-state index in [0.717, 1.165) is 59.6 Å². The van der Waals surface area contributed by atoms with Crippen LogP contribution in [0.1, 0.15) is 18.4 Å². The molecule has 18 heavy (non-hydrogen) atoms. The Morgan fingerprint density at radius 2 is 1.83 bits per heavy atom. The molecule has 0 unspecified atom stereocenters. The number of phenolic OH excluding ortho intramolecular Hbond substituents is 1. The summed E-state index contributed by atoms with van der Waals surface area (Å²) >= 11 is 6.68. The molecule has 1 fully saturated rings. The molecule has 3 nitrogen and oxygen atoms in total. The van der Waals surface area contributed by atoms with Gasteiger partial charge in [0.25, 0.3) is 0 Å². The Hall–Kier alpha value is -0.100. The summed E-state index contributed by atoms with van der Waals surface area (Å²) in [4.78, 5) is 0. The summed E-state index contributed by atoms with van der Waals surface area (Å²) < 4.78 is 6.78. The van der Waals surface area contributed by atoms with Gasteiger partial charge in [-0.15, -0.1) is 0 Å². The molecule has 2 N–H and O–H groups in total. The number of rotatable bonds is 4. The third-order valence-corrected chi connectivity index (χ3v) is 4.39. The van der Waals surface area contributed by atoms with Crippen molar-refractivity contribution in [2.45, 2.75) is 19.4 Å². The third-order valence-electron chi connectivity index (χ3n) is 3.18. The number of aromatic hydroxyl groups is 1. The Kier molecular flexibility index (Phi) is 5.48. The van der Waals surface area contributed by atoms with Gasteiger partial charge in [0.2, 0.25) is 0 Å². The molecule has 1 aromatic rings. The normalized spacial score (nSPS) is 17.0. The van der Waals surface area contributed by atoms with Gasteiger partial charge in [0, 0.05) is 19.8 Å². The van der Waals surface area contributed by atoms with Gasteiger partial charge >= 0.3 is 0 Å². The highest BCUT2D eigenvalue weighted by Crippen LogP contribution is 2.33. The van der Waals surface area contributed by atoms with Crippen molar-refractivity contribution >= 4 is 31.9 Å². The van der Waals surface area contributed by atoms with Crippen molar-refractivity contribution in [2.75, 3.05) is 19.8 Å². The van der Waals surface area contributed by atoms with Gasteiger partial charge in [-0.2, -0.15) is 0 Å². The molecular weight excluding hydrogens is 362 g/mol. The Balaban J connectivity index is 1.82. The number of hydrogen-bond acceptors (Lipinski definition) is 3. The highest BCUT2D eigenvalue weighted by atomic mass is 79.9. The molecule has 0 aromatic heterocycles. The fourth-order valence-corrected chi connectivity index (χ4v) is 3.37. The summed E-state index contributed by atoms with van der Waals surface area (Å²) in [5, 5.41) is 13.1. The molecule has 0 aliphatic carbocycles. The van der Waals surface area contributed by atoms with Crippen LogP contribution in [-0.4, -0.2) is 24.9 Å². The number of halogens is 2. The lowest BCUT2D eigenvalue weighted by Gasteiger charge is -2.22. The van der Waals surface area contributed by atoms with Crippen molar-refractivity contribution in [1.82, 2.24) is 5.32 Å². The van der Waals surface area contributed by atoms with E-state index < -0.39 is 0 Å². The molecule has 2 rings (SSSR count). The van der Waals surface area contributed by atoms with E-state index in [1.54, 1.807) is 0 Å². The van der Waals surface area contributed by atoms with Gasteiger partial charge in [-0.3, -0.25) is 0 Å². The van der Waals surface area contributed by atoms with Gasteiger partial charge in [0.15, 0.2) is 0 Å². The van der Waals surface area contributed by atoms with Crippen LogP contribution in [0.4, 0.5) is 0 Å². The molecule has 0 atom stereocenters. The van der Waals surface area contributed by atoms with E-state index in [2.05, 4.69) is 37.2 Å². The zero-order valence-electron chi connectivity index (χ0n) is 10.1. The van der Waals surface area contributed by atoms with Crippen LogP contribution in [0, 0.1) is 5.92 Å². The standard InChI is InChI=1S/C13H17Br2NO2/c14-11-5-10(6-12(15)13(11)17)8-16-7-9-1-3-18-4-2-9/h5-6,9,16-17H,1-4,7-8H2. The second-order valence-corrected chi connectivity index (χ2v) is 6.30. The van der Waals surface area contributed by atoms with E-state index in [4.69, 9.17) is 4.74 Å². The molecule has 0 amide bonds. The van der Waals surface area contributed by atoms with Gasteiger partial charge in [0.05, 0.1) is 8.95 Å². The third kappa shape index (κ3) is 3.95. The first-order chi connectivity index (χ1) is 8.66. The molecular formula is C13H17Br2NO2. The van der Waals surface area contributed by atoms with E-state index in [1.165, 1.54) is 0 Å². The lowest BCUT2D eigenvalue weighted by molar-refractivity contribution is 0.0662. The van der Waals surface area contributed by atoms with Crippen molar-refractivity contribution in [3.8, 4) is 5.75 Å². The molecule has 0 spiro atoms. The van der Waals surface area contributed by atoms with Crippen LogP contribution in [0.3, 0.4) is 0 Å². The Morgan fingerprint density at radius 3 is 2.44 bits per heavy atom. The maximum atomic E-state index is 9.63. The lowest BCUT2D eigenvalue weighted by Crippen LogP contribution is -2.27. The van der Waals surface area contributed by atoms with Crippen LogP contribution in [0.15, 0.2) is 21.1 Å². The minimum absolute atomic E-state index is 0.253. The maximum absolute atomic E-state index is 9.63. The second kappa shape index (κ2) is 6.89. The van der Waals surface area contributed by atoms with E-state index in [-0.39, 0.29) is 5.75 Å². The van der Waals surface area contributed by atoms with Crippen LogP contribution >= 0.6 is 31.9 Å². The first-order valence-corrected chi connectivity index (χ1v) is 7.71. The SMILES string of the molecule is Oc1c(Br)cc(CNCC2CCOCC2)cc1Br. The Bertz CT molecular complexity index is 383. The molecule has 1 aliphatic rings. The summed E-state index contributed by atoms with van der Waals surface area (Å²) in [5.74, 6) is 0.978. The highest BCUT2D eigenvalue weighted by Gasteiger charge is 2.13. The predicted octanol–water partition coefficient (Wildman–Crippen LogP) is 3.43. The monoisotopic (exact) mass is 377 g/mol. The number of nitrogens with one attached hydrogen (secondary N) is 1. The molecule has 1 heterocycles. The van der Waals surface area contributed by atoms with Crippen LogP contribution in [-0.2, 0) is 11.3 Å². The smallest absolute Gasteiger partial charge is 0.143 e. The van der Waals surface area contributed by atoms with Crippen LogP contribution < -0.4 is 5.32 Å². The van der Waals surface area contributed by atoms with E-state index in [1.807, 2.05) is 12.1 Å². The number of benzene rings is 1. The molecule has 1 aromatic carbocycles. The number of phenols is 1. The summed E-state index contributed by atoms with van der Waals surface area (Å²) in [5.41, 5.74) is 1.15. The number of hydrogen-bond donors (Lipinski definition) is 2. The van der Waals surface area contributed by atoms with Gasteiger partial charge in [-0.25, -0.2) is 0 Å². The minimum Gasteiger partial charge on any atom is -0.506 e. The van der Waals surface area contributed by atoms with Crippen LogP contribution in [0.25, 0.3) is 0 Å². The molecule has 0 bridgehead atoms. The minimum atomic E-state index is 0.253. The maximum Gasteiger partial charge on any atom is 0.143 e. The quantitative estimate of drug-likeness (QED) is 0.843. The summed E-state index contributed by atoms with van der Waals surface area (Å²) in [6.45, 7) is 3.62. The zero-order chi connectivity index (χ0) is 13.0. The molecule has 1 aliphatic heterocycles. The summed E-state index contributed by atoms with van der Waals surface area (Å²) in [6, 6.07) is 3.88. The first-order valence-electron chi connectivity index (χ1n) is 6.12. The molecule has 5 heteroatoms. The molecule has 0 radical (unpaired) electrons.